The van der Waals surface area contributed by atoms with Crippen molar-refractivity contribution in [3.05, 3.63) is 5.82 Å². The summed E-state index contributed by atoms with van der Waals surface area (Å²) in [6.07, 6.45) is 2.25. The van der Waals surface area contributed by atoms with Crippen molar-refractivity contribution >= 4 is 15.9 Å². The molecule has 1 amide bonds. The van der Waals surface area contributed by atoms with Gasteiger partial charge in [0.25, 0.3) is 0 Å². The quantitative estimate of drug-likeness (QED) is 0.694. The van der Waals surface area contributed by atoms with Crippen LogP contribution >= 0.6 is 0 Å². The van der Waals surface area contributed by atoms with Gasteiger partial charge in [0.2, 0.25) is 15.9 Å². The molecule has 19 heavy (non-hydrogen) atoms. The molecule has 2 N–H and O–H groups in total. The molecule has 9 nitrogen and oxygen atoms in total. The van der Waals surface area contributed by atoms with Crippen LogP contribution in [0.15, 0.2) is 0 Å². The summed E-state index contributed by atoms with van der Waals surface area (Å²) in [4.78, 5) is 11.9. The summed E-state index contributed by atoms with van der Waals surface area (Å²) in [6, 6.07) is 0. The maximum atomic E-state index is 11.9. The van der Waals surface area contributed by atoms with Gasteiger partial charge in [0, 0.05) is 19.0 Å². The molecule has 1 aliphatic rings. The van der Waals surface area contributed by atoms with Crippen molar-refractivity contribution in [3.63, 3.8) is 0 Å². The maximum Gasteiger partial charge on any atom is 0.223 e. The van der Waals surface area contributed by atoms with Crippen LogP contribution in [0.25, 0.3) is 0 Å². The molecule has 0 aliphatic carbocycles. The van der Waals surface area contributed by atoms with E-state index in [-0.39, 0.29) is 18.4 Å². The number of piperidine rings is 1. The molecule has 0 unspecified atom stereocenters. The van der Waals surface area contributed by atoms with E-state index in [1.807, 2.05) is 0 Å². The van der Waals surface area contributed by atoms with E-state index in [2.05, 4.69) is 25.9 Å². The van der Waals surface area contributed by atoms with Crippen molar-refractivity contribution in [1.29, 1.82) is 0 Å². The van der Waals surface area contributed by atoms with Crippen LogP contribution in [-0.2, 0) is 21.4 Å². The van der Waals surface area contributed by atoms with Gasteiger partial charge < -0.3 is 5.32 Å². The smallest absolute Gasteiger partial charge is 0.223 e. The van der Waals surface area contributed by atoms with Crippen LogP contribution in [0.5, 0.6) is 0 Å². The van der Waals surface area contributed by atoms with E-state index < -0.39 is 10.0 Å². The molecule has 0 saturated carbocycles. The van der Waals surface area contributed by atoms with Crippen LogP contribution in [0.1, 0.15) is 18.7 Å². The first-order valence-corrected chi connectivity index (χ1v) is 7.77. The average molecular weight is 288 g/mol. The number of rotatable bonds is 4. The van der Waals surface area contributed by atoms with E-state index in [1.54, 1.807) is 0 Å². The molecule has 0 aromatic carbocycles. The summed E-state index contributed by atoms with van der Waals surface area (Å²) in [6.45, 7) is 1.000. The Morgan fingerprint density at radius 2 is 2.16 bits per heavy atom. The van der Waals surface area contributed by atoms with E-state index in [0.717, 1.165) is 0 Å². The number of amides is 1. The highest BCUT2D eigenvalue weighted by Crippen LogP contribution is 2.19. The zero-order chi connectivity index (χ0) is 13.9. The second kappa shape index (κ2) is 5.61. The minimum Gasteiger partial charge on any atom is -0.348 e. The monoisotopic (exact) mass is 288 g/mol. The summed E-state index contributed by atoms with van der Waals surface area (Å²) in [7, 11) is -3.15. The van der Waals surface area contributed by atoms with E-state index in [0.29, 0.717) is 31.8 Å². The minimum absolute atomic E-state index is 0.0991. The molecule has 0 radical (unpaired) electrons. The fourth-order valence-corrected chi connectivity index (χ4v) is 2.89. The summed E-state index contributed by atoms with van der Waals surface area (Å²) in [5.74, 6) is 0.157. The molecule has 10 heteroatoms. The summed E-state index contributed by atoms with van der Waals surface area (Å²) in [5.41, 5.74) is 0. The number of H-pyrrole nitrogens is 1. The van der Waals surface area contributed by atoms with Gasteiger partial charge in [-0.1, -0.05) is 5.21 Å². The largest absolute Gasteiger partial charge is 0.348 e. The van der Waals surface area contributed by atoms with Gasteiger partial charge in [-0.25, -0.2) is 12.7 Å². The number of carbonyl (C=O) groups is 1. The molecular formula is C9H16N6O3S. The Morgan fingerprint density at radius 3 is 2.68 bits per heavy atom. The Morgan fingerprint density at radius 1 is 1.47 bits per heavy atom. The maximum absolute atomic E-state index is 11.9. The first-order chi connectivity index (χ1) is 8.97. The lowest BCUT2D eigenvalue weighted by Crippen LogP contribution is -2.42. The van der Waals surface area contributed by atoms with Gasteiger partial charge in [0.15, 0.2) is 5.82 Å². The van der Waals surface area contributed by atoms with E-state index in [1.165, 1.54) is 10.6 Å². The van der Waals surface area contributed by atoms with Crippen LogP contribution in [0, 0.1) is 5.92 Å². The molecule has 1 fully saturated rings. The Labute approximate surface area is 110 Å². The summed E-state index contributed by atoms with van der Waals surface area (Å²) in [5, 5.41) is 15.9. The summed E-state index contributed by atoms with van der Waals surface area (Å²) >= 11 is 0. The number of aromatic nitrogens is 4. The van der Waals surface area contributed by atoms with E-state index in [4.69, 9.17) is 0 Å². The minimum atomic E-state index is -3.15. The standard InChI is InChI=1S/C9H16N6O3S/c1-19(17,18)15-4-2-7(3-5-15)9(16)10-6-8-11-13-14-12-8/h7H,2-6H2,1H3,(H,10,16)(H,11,12,13,14). The predicted octanol–water partition coefficient (Wildman–Crippen LogP) is -1.51. The van der Waals surface area contributed by atoms with Gasteiger partial charge >= 0.3 is 0 Å². The fraction of sp³-hybridized carbons (Fsp3) is 0.778. The lowest BCUT2D eigenvalue weighted by molar-refractivity contribution is -0.126. The number of carbonyl (C=O) groups excluding carboxylic acids is 1. The topological polar surface area (TPSA) is 121 Å². The molecule has 1 saturated heterocycles. The second-order valence-electron chi connectivity index (χ2n) is 4.48. The van der Waals surface area contributed by atoms with Crippen molar-refractivity contribution in [2.24, 2.45) is 5.92 Å². The summed E-state index contributed by atoms with van der Waals surface area (Å²) < 4.78 is 24.1. The highest BCUT2D eigenvalue weighted by atomic mass is 32.2. The van der Waals surface area contributed by atoms with Crippen LogP contribution in [0.4, 0.5) is 0 Å². The first kappa shape index (κ1) is 13.9. The fourth-order valence-electron chi connectivity index (χ4n) is 2.02. The van der Waals surface area contributed by atoms with Gasteiger partial charge in [0.1, 0.15) is 0 Å². The second-order valence-corrected chi connectivity index (χ2v) is 6.46. The lowest BCUT2D eigenvalue weighted by atomic mass is 9.97. The highest BCUT2D eigenvalue weighted by Gasteiger charge is 2.28. The Kier molecular flexibility index (Phi) is 4.10. The molecule has 0 bridgehead atoms. The molecule has 1 aromatic rings. The molecular weight excluding hydrogens is 272 g/mol. The SMILES string of the molecule is CS(=O)(=O)N1CCC(C(=O)NCc2nn[nH]n2)CC1. The normalized spacial score (nSPS) is 18.4. The zero-order valence-electron chi connectivity index (χ0n) is 10.5. The molecule has 1 aliphatic heterocycles. The van der Waals surface area contributed by atoms with Gasteiger partial charge in [-0.2, -0.15) is 5.21 Å². The predicted molar refractivity (Wildman–Crippen MR) is 65.2 cm³/mol. The van der Waals surface area contributed by atoms with E-state index >= 15 is 0 Å². The third kappa shape index (κ3) is 3.70. The van der Waals surface area contributed by atoms with Crippen molar-refractivity contribution in [3.8, 4) is 0 Å². The number of hydrogen-bond donors (Lipinski definition) is 2. The van der Waals surface area contributed by atoms with Gasteiger partial charge in [0.05, 0.1) is 12.8 Å². The number of hydrogen-bond acceptors (Lipinski definition) is 6. The molecule has 106 valence electrons. The van der Waals surface area contributed by atoms with Crippen molar-refractivity contribution < 1.29 is 13.2 Å². The van der Waals surface area contributed by atoms with E-state index in [9.17, 15) is 13.2 Å². The van der Waals surface area contributed by atoms with Crippen LogP contribution in [0.3, 0.4) is 0 Å². The number of nitrogens with one attached hydrogen (secondary N) is 2. The molecule has 2 heterocycles. The first-order valence-electron chi connectivity index (χ1n) is 5.92. The van der Waals surface area contributed by atoms with Crippen LogP contribution in [-0.4, -0.2) is 58.6 Å². The van der Waals surface area contributed by atoms with Crippen LogP contribution < -0.4 is 5.32 Å². The van der Waals surface area contributed by atoms with Crippen molar-refractivity contribution in [2.45, 2.75) is 19.4 Å². The number of sulfonamides is 1. The highest BCUT2D eigenvalue weighted by molar-refractivity contribution is 7.88. The van der Waals surface area contributed by atoms with Gasteiger partial charge in [-0.15, -0.1) is 10.2 Å². The Balaban J connectivity index is 1.79. The van der Waals surface area contributed by atoms with Gasteiger partial charge in [-0.3, -0.25) is 4.79 Å². The van der Waals surface area contributed by atoms with Crippen molar-refractivity contribution in [1.82, 2.24) is 30.2 Å². The lowest BCUT2D eigenvalue weighted by Gasteiger charge is -2.29. The molecule has 2 rings (SSSR count). The number of nitrogens with zero attached hydrogens (tertiary/aromatic N) is 4. The third-order valence-electron chi connectivity index (χ3n) is 3.10. The average Bonchev–Trinajstić information content (AvgIpc) is 2.88. The van der Waals surface area contributed by atoms with Crippen molar-refractivity contribution in [2.75, 3.05) is 19.3 Å². The number of tetrazole rings is 1. The molecule has 0 spiro atoms. The molecule has 0 atom stereocenters. The Bertz CT molecular complexity index is 520. The Hall–Kier alpha value is -1.55. The van der Waals surface area contributed by atoms with Crippen LogP contribution in [0.2, 0.25) is 0 Å². The number of aromatic amines is 1. The zero-order valence-corrected chi connectivity index (χ0v) is 11.4. The van der Waals surface area contributed by atoms with Gasteiger partial charge in [-0.05, 0) is 12.8 Å². The molecule has 1 aromatic heterocycles. The third-order valence-corrected chi connectivity index (χ3v) is 4.41.